The summed E-state index contributed by atoms with van der Waals surface area (Å²) in [5.74, 6) is 2.47. The summed E-state index contributed by atoms with van der Waals surface area (Å²) >= 11 is 5.89. The van der Waals surface area contributed by atoms with Gasteiger partial charge in [0.15, 0.2) is 0 Å². The molecule has 0 radical (unpaired) electrons. The molecule has 1 unspecified atom stereocenters. The van der Waals surface area contributed by atoms with Gasteiger partial charge in [-0.25, -0.2) is 13.1 Å². The first kappa shape index (κ1) is 16.9. The maximum absolute atomic E-state index is 12.9. The van der Waals surface area contributed by atoms with Crippen LogP contribution in [-0.4, -0.2) is 14.5 Å². The fourth-order valence-corrected chi connectivity index (χ4v) is 7.66. The van der Waals surface area contributed by atoms with Gasteiger partial charge in [0.2, 0.25) is 10.0 Å². The number of nitrogens with one attached hydrogen (secondary N) is 1. The molecule has 1 aromatic rings. The van der Waals surface area contributed by atoms with Crippen LogP contribution in [-0.2, 0) is 10.0 Å². The van der Waals surface area contributed by atoms with E-state index in [9.17, 15) is 8.42 Å². The third-order valence-electron chi connectivity index (χ3n) is 6.65. The molecule has 5 heteroatoms. The van der Waals surface area contributed by atoms with Gasteiger partial charge in [-0.2, -0.15) is 0 Å². The molecule has 1 N–H and O–H groups in total. The van der Waals surface area contributed by atoms with Crippen molar-refractivity contribution >= 4 is 21.6 Å². The first-order valence-electron chi connectivity index (χ1n) is 9.18. The predicted octanol–water partition coefficient (Wildman–Crippen LogP) is 4.61. The average Bonchev–Trinajstić information content (AvgIpc) is 2.51. The van der Waals surface area contributed by atoms with Gasteiger partial charge in [-0.05, 0) is 92.4 Å². The molecule has 132 valence electrons. The van der Waals surface area contributed by atoms with E-state index in [-0.39, 0.29) is 11.5 Å². The van der Waals surface area contributed by atoms with Crippen LogP contribution in [0.5, 0.6) is 0 Å². The summed E-state index contributed by atoms with van der Waals surface area (Å²) in [4.78, 5) is 0.315. The number of hydrogen-bond acceptors (Lipinski definition) is 2. The zero-order valence-electron chi connectivity index (χ0n) is 14.2. The molecule has 4 fully saturated rings. The van der Waals surface area contributed by atoms with Crippen molar-refractivity contribution < 1.29 is 8.42 Å². The summed E-state index contributed by atoms with van der Waals surface area (Å²) in [6, 6.07) is 6.52. The SMILES string of the molecule is CCC(NS(=O)(=O)c1ccc(Cl)cc1)C12CC3CC(CC(C3)C1)C2. The molecule has 0 spiro atoms. The van der Waals surface area contributed by atoms with Crippen LogP contribution in [0.2, 0.25) is 5.02 Å². The Morgan fingerprint density at radius 2 is 1.58 bits per heavy atom. The summed E-state index contributed by atoms with van der Waals surface area (Å²) < 4.78 is 28.8. The Morgan fingerprint density at radius 3 is 2.04 bits per heavy atom. The molecule has 0 saturated heterocycles. The second-order valence-corrected chi connectivity index (χ2v) is 10.5. The topological polar surface area (TPSA) is 46.2 Å². The molecular formula is C19H26ClNO2S. The van der Waals surface area contributed by atoms with Crippen LogP contribution in [0.25, 0.3) is 0 Å². The molecule has 24 heavy (non-hydrogen) atoms. The van der Waals surface area contributed by atoms with E-state index in [2.05, 4.69) is 11.6 Å². The highest BCUT2D eigenvalue weighted by Crippen LogP contribution is 2.61. The summed E-state index contributed by atoms with van der Waals surface area (Å²) in [7, 11) is -3.49. The Hall–Kier alpha value is -0.580. The minimum atomic E-state index is -3.49. The third kappa shape index (κ3) is 2.91. The van der Waals surface area contributed by atoms with E-state index >= 15 is 0 Å². The number of sulfonamides is 1. The lowest BCUT2D eigenvalue weighted by Crippen LogP contribution is -2.56. The third-order valence-corrected chi connectivity index (χ3v) is 8.39. The van der Waals surface area contributed by atoms with Crippen LogP contribution in [0.15, 0.2) is 29.2 Å². The highest BCUT2D eigenvalue weighted by molar-refractivity contribution is 7.89. The Balaban J connectivity index is 1.59. The maximum atomic E-state index is 12.9. The Kier molecular flexibility index (Phi) is 4.21. The van der Waals surface area contributed by atoms with Crippen LogP contribution in [0, 0.1) is 23.2 Å². The lowest BCUT2D eigenvalue weighted by Gasteiger charge is -2.59. The minimum Gasteiger partial charge on any atom is -0.208 e. The van der Waals surface area contributed by atoms with Crippen molar-refractivity contribution in [3.63, 3.8) is 0 Å². The van der Waals surface area contributed by atoms with Crippen LogP contribution < -0.4 is 4.72 Å². The van der Waals surface area contributed by atoms with Gasteiger partial charge in [-0.3, -0.25) is 0 Å². The molecule has 3 nitrogen and oxygen atoms in total. The van der Waals surface area contributed by atoms with Gasteiger partial charge in [0.05, 0.1) is 4.90 Å². The minimum absolute atomic E-state index is 0.0478. The monoisotopic (exact) mass is 367 g/mol. The molecule has 4 saturated carbocycles. The molecule has 0 aliphatic heterocycles. The van der Waals surface area contributed by atoms with Gasteiger partial charge in [-0.15, -0.1) is 0 Å². The van der Waals surface area contributed by atoms with Crippen LogP contribution in [0.4, 0.5) is 0 Å². The zero-order valence-corrected chi connectivity index (χ0v) is 15.7. The van der Waals surface area contributed by atoms with E-state index in [4.69, 9.17) is 11.6 Å². The van der Waals surface area contributed by atoms with Crippen molar-refractivity contribution in [2.45, 2.75) is 62.8 Å². The van der Waals surface area contributed by atoms with E-state index in [0.717, 1.165) is 24.2 Å². The van der Waals surface area contributed by atoms with E-state index in [1.807, 2.05) is 0 Å². The van der Waals surface area contributed by atoms with Crippen molar-refractivity contribution in [2.75, 3.05) is 0 Å². The van der Waals surface area contributed by atoms with Crippen LogP contribution >= 0.6 is 11.6 Å². The quantitative estimate of drug-likeness (QED) is 0.825. The molecule has 5 rings (SSSR count). The molecule has 1 aromatic carbocycles. The molecule has 0 amide bonds. The van der Waals surface area contributed by atoms with Gasteiger partial charge in [-0.1, -0.05) is 18.5 Å². The van der Waals surface area contributed by atoms with Gasteiger partial charge in [0.1, 0.15) is 0 Å². The van der Waals surface area contributed by atoms with Gasteiger partial charge >= 0.3 is 0 Å². The lowest BCUT2D eigenvalue weighted by atomic mass is 9.47. The summed E-state index contributed by atoms with van der Waals surface area (Å²) in [6.07, 6.45) is 8.61. The fourth-order valence-electron chi connectivity index (χ4n) is 6.11. The number of benzene rings is 1. The highest BCUT2D eigenvalue weighted by Gasteiger charge is 2.54. The summed E-state index contributed by atoms with van der Waals surface area (Å²) in [6.45, 7) is 2.12. The number of hydrogen-bond donors (Lipinski definition) is 1. The number of rotatable bonds is 5. The van der Waals surface area contributed by atoms with Gasteiger partial charge < -0.3 is 0 Å². The van der Waals surface area contributed by atoms with Crippen LogP contribution in [0.3, 0.4) is 0 Å². The molecule has 0 aromatic heterocycles. The Bertz CT molecular complexity index is 678. The summed E-state index contributed by atoms with van der Waals surface area (Å²) in [5.41, 5.74) is 0.184. The normalized spacial score (nSPS) is 36.0. The first-order chi connectivity index (χ1) is 11.4. The first-order valence-corrected chi connectivity index (χ1v) is 11.0. The maximum Gasteiger partial charge on any atom is 0.240 e. The van der Waals surface area contributed by atoms with Crippen molar-refractivity contribution in [3.05, 3.63) is 29.3 Å². The average molecular weight is 368 g/mol. The van der Waals surface area contributed by atoms with E-state index < -0.39 is 10.0 Å². The van der Waals surface area contributed by atoms with Crippen molar-refractivity contribution in [2.24, 2.45) is 23.2 Å². The smallest absolute Gasteiger partial charge is 0.208 e. The molecule has 4 aliphatic rings. The van der Waals surface area contributed by atoms with Gasteiger partial charge in [0, 0.05) is 11.1 Å². The van der Waals surface area contributed by atoms with E-state index in [0.29, 0.717) is 9.92 Å². The molecule has 1 atom stereocenters. The summed E-state index contributed by atoms with van der Waals surface area (Å²) in [5, 5.41) is 0.557. The second kappa shape index (κ2) is 6.00. The number of halogens is 1. The highest BCUT2D eigenvalue weighted by atomic mass is 35.5. The molecular weight excluding hydrogens is 342 g/mol. The fraction of sp³-hybridized carbons (Fsp3) is 0.684. The van der Waals surface area contributed by atoms with E-state index in [1.165, 1.54) is 38.5 Å². The van der Waals surface area contributed by atoms with Crippen molar-refractivity contribution in [3.8, 4) is 0 Å². The largest absolute Gasteiger partial charge is 0.240 e. The Morgan fingerprint density at radius 1 is 1.08 bits per heavy atom. The van der Waals surface area contributed by atoms with Crippen LogP contribution in [0.1, 0.15) is 51.9 Å². The predicted molar refractivity (Wildman–Crippen MR) is 96.5 cm³/mol. The van der Waals surface area contributed by atoms with Crippen molar-refractivity contribution in [1.82, 2.24) is 4.72 Å². The zero-order chi connectivity index (χ0) is 16.9. The second-order valence-electron chi connectivity index (χ2n) is 8.32. The lowest BCUT2D eigenvalue weighted by molar-refractivity contribution is -0.0704. The van der Waals surface area contributed by atoms with Gasteiger partial charge in [0.25, 0.3) is 0 Å². The molecule has 0 heterocycles. The van der Waals surface area contributed by atoms with E-state index in [1.54, 1.807) is 24.3 Å². The standard InChI is InChI=1S/C19H26ClNO2S/c1-2-18(21-24(22,23)17-5-3-16(20)4-6-17)19-10-13-7-14(11-19)9-15(8-13)12-19/h3-6,13-15,18,21H,2,7-12H2,1H3. The molecule has 4 aliphatic carbocycles. The van der Waals surface area contributed by atoms with Crippen molar-refractivity contribution in [1.29, 1.82) is 0 Å². The Labute approximate surface area is 150 Å². The molecule has 4 bridgehead atoms.